The summed E-state index contributed by atoms with van der Waals surface area (Å²) in [6, 6.07) is 0. The minimum atomic E-state index is -0.275. The van der Waals surface area contributed by atoms with Crippen LogP contribution in [-0.4, -0.2) is 23.1 Å². The highest BCUT2D eigenvalue weighted by molar-refractivity contribution is 5.90. The van der Waals surface area contributed by atoms with E-state index in [0.29, 0.717) is 49.2 Å². The molecule has 1 aliphatic heterocycles. The molecule has 5 rings (SSSR count). The summed E-state index contributed by atoms with van der Waals surface area (Å²) < 4.78 is 5.97. The Balaban J connectivity index is 1.50. The Bertz CT molecular complexity index is 698. The number of ether oxygens (including phenoxy) is 1. The molecule has 0 unspecified atom stereocenters. The van der Waals surface area contributed by atoms with E-state index in [4.69, 9.17) is 4.74 Å². The molecule has 26 heavy (non-hydrogen) atoms. The van der Waals surface area contributed by atoms with Crippen molar-refractivity contribution >= 4 is 17.5 Å². The summed E-state index contributed by atoms with van der Waals surface area (Å²) in [6.45, 7) is 4.63. The minimum absolute atomic E-state index is 0.00263. The lowest BCUT2D eigenvalue weighted by atomic mass is 9.44. The molecule has 0 amide bonds. The van der Waals surface area contributed by atoms with Crippen molar-refractivity contribution in [1.29, 1.82) is 0 Å². The number of fused-ring (bicyclic) bond motifs is 6. The first-order valence-corrected chi connectivity index (χ1v) is 10.6. The van der Waals surface area contributed by atoms with E-state index in [2.05, 4.69) is 13.8 Å². The number of Topliss-reactive ketones (excluding diaryl/α,β-unsaturated/α-hetero) is 2. The van der Waals surface area contributed by atoms with Gasteiger partial charge in [-0.1, -0.05) is 13.8 Å². The Labute approximate surface area is 155 Å². The molecular formula is C22H30O4. The zero-order valence-electron chi connectivity index (χ0n) is 16.0. The van der Waals surface area contributed by atoms with E-state index in [-0.39, 0.29) is 34.1 Å². The van der Waals surface area contributed by atoms with Gasteiger partial charge in [-0.05, 0) is 61.7 Å². The van der Waals surface area contributed by atoms with Crippen molar-refractivity contribution in [2.24, 2.45) is 34.5 Å². The van der Waals surface area contributed by atoms with Crippen molar-refractivity contribution in [3.63, 3.8) is 0 Å². The molecule has 4 heteroatoms. The number of hydrogen-bond donors (Lipinski definition) is 0. The van der Waals surface area contributed by atoms with Crippen LogP contribution in [0.1, 0.15) is 78.1 Å². The van der Waals surface area contributed by atoms with Gasteiger partial charge in [0.25, 0.3) is 0 Å². The second-order valence-electron chi connectivity index (χ2n) is 10.3. The fourth-order valence-corrected chi connectivity index (χ4v) is 8.13. The third kappa shape index (κ3) is 1.94. The summed E-state index contributed by atoms with van der Waals surface area (Å²) in [6.07, 6.45) is 8.32. The number of hydrogen-bond acceptors (Lipinski definition) is 4. The van der Waals surface area contributed by atoms with Crippen LogP contribution in [0.15, 0.2) is 0 Å². The molecule has 0 bridgehead atoms. The van der Waals surface area contributed by atoms with Gasteiger partial charge in [0.1, 0.15) is 17.2 Å². The lowest BCUT2D eigenvalue weighted by Gasteiger charge is -2.60. The smallest absolute Gasteiger partial charge is 0.306 e. The first kappa shape index (κ1) is 16.9. The second kappa shape index (κ2) is 5.20. The van der Waals surface area contributed by atoms with E-state index in [1.807, 2.05) is 0 Å². The first-order chi connectivity index (χ1) is 12.3. The van der Waals surface area contributed by atoms with Gasteiger partial charge >= 0.3 is 5.97 Å². The van der Waals surface area contributed by atoms with E-state index in [9.17, 15) is 14.4 Å². The van der Waals surface area contributed by atoms with Crippen LogP contribution in [0.2, 0.25) is 0 Å². The second-order valence-corrected chi connectivity index (χ2v) is 10.3. The van der Waals surface area contributed by atoms with Crippen molar-refractivity contribution < 1.29 is 19.1 Å². The molecule has 0 aromatic carbocycles. The lowest BCUT2D eigenvalue weighted by molar-refractivity contribution is -0.178. The Morgan fingerprint density at radius 3 is 2.38 bits per heavy atom. The first-order valence-electron chi connectivity index (χ1n) is 10.6. The quantitative estimate of drug-likeness (QED) is 0.617. The molecule has 4 saturated carbocycles. The molecule has 1 saturated heterocycles. The number of carbonyl (C=O) groups excluding carboxylic acids is 3. The molecular weight excluding hydrogens is 328 g/mol. The van der Waals surface area contributed by atoms with Gasteiger partial charge in [-0.3, -0.25) is 14.4 Å². The average Bonchev–Trinajstić information content (AvgIpc) is 3.11. The van der Waals surface area contributed by atoms with Crippen LogP contribution in [0.3, 0.4) is 0 Å². The molecule has 7 atom stereocenters. The number of ketones is 2. The Hall–Kier alpha value is -1.19. The molecule has 1 heterocycles. The number of carbonyl (C=O) groups is 3. The van der Waals surface area contributed by atoms with Crippen LogP contribution in [0.5, 0.6) is 0 Å². The minimum Gasteiger partial charge on any atom is -0.458 e. The van der Waals surface area contributed by atoms with E-state index in [1.165, 1.54) is 0 Å². The van der Waals surface area contributed by atoms with E-state index in [1.54, 1.807) is 0 Å². The van der Waals surface area contributed by atoms with Crippen molar-refractivity contribution in [3.05, 3.63) is 0 Å². The average molecular weight is 358 g/mol. The molecule has 1 spiro atoms. The molecule has 5 fully saturated rings. The lowest BCUT2D eigenvalue weighted by Crippen LogP contribution is -2.58. The van der Waals surface area contributed by atoms with Crippen LogP contribution in [0.25, 0.3) is 0 Å². The maximum atomic E-state index is 13.1. The Morgan fingerprint density at radius 1 is 0.885 bits per heavy atom. The highest BCUT2D eigenvalue weighted by atomic mass is 16.6. The largest absolute Gasteiger partial charge is 0.458 e. The molecule has 0 radical (unpaired) electrons. The molecule has 0 N–H and O–H groups in total. The zero-order chi connectivity index (χ0) is 18.3. The summed E-state index contributed by atoms with van der Waals surface area (Å²) in [5, 5.41) is 0. The summed E-state index contributed by atoms with van der Waals surface area (Å²) in [7, 11) is 0. The fourth-order valence-electron chi connectivity index (χ4n) is 8.13. The normalized spacial score (nSPS) is 53.2. The van der Waals surface area contributed by atoms with Crippen molar-refractivity contribution in [1.82, 2.24) is 0 Å². The summed E-state index contributed by atoms with van der Waals surface area (Å²) in [4.78, 5) is 37.0. The predicted molar refractivity (Wildman–Crippen MR) is 95.2 cm³/mol. The topological polar surface area (TPSA) is 60.4 Å². The SMILES string of the molecule is C[C@]12CCC(=O)C[C@@H]1C(=O)C[C@@H]1[C@@H]2CC[C@@]2(C)[C@H]1CC[C@@]21CCC(=O)O1. The van der Waals surface area contributed by atoms with Gasteiger partial charge in [-0.25, -0.2) is 0 Å². The number of rotatable bonds is 0. The summed E-state index contributed by atoms with van der Waals surface area (Å²) in [5.41, 5.74) is -0.255. The van der Waals surface area contributed by atoms with Gasteiger partial charge in [-0.15, -0.1) is 0 Å². The zero-order valence-corrected chi connectivity index (χ0v) is 16.0. The molecule has 0 aromatic heterocycles. The monoisotopic (exact) mass is 358 g/mol. The van der Waals surface area contributed by atoms with Crippen molar-refractivity contribution in [3.8, 4) is 0 Å². The predicted octanol–water partition coefficient (Wildman–Crippen LogP) is 3.85. The molecule has 4 aliphatic carbocycles. The maximum Gasteiger partial charge on any atom is 0.306 e. The van der Waals surface area contributed by atoms with E-state index >= 15 is 0 Å². The van der Waals surface area contributed by atoms with Gasteiger partial charge in [0.15, 0.2) is 0 Å². The van der Waals surface area contributed by atoms with E-state index in [0.717, 1.165) is 38.5 Å². The molecule has 4 nitrogen and oxygen atoms in total. The highest BCUT2D eigenvalue weighted by Crippen LogP contribution is 2.69. The standard InChI is InChI=1S/C22H30O4/c1-20-7-3-13(23)11-17(20)18(24)12-14-15(20)4-8-21(2)16(14)5-9-22(21)10-6-19(25)26-22/h14-17H,3-12H2,1-2H3/t14-,15+,16+,17-,20-,21+,22-/m1/s1. The van der Waals surface area contributed by atoms with Gasteiger partial charge in [0.2, 0.25) is 0 Å². The van der Waals surface area contributed by atoms with Gasteiger partial charge < -0.3 is 4.74 Å². The number of esters is 1. The Kier molecular flexibility index (Phi) is 3.39. The highest BCUT2D eigenvalue weighted by Gasteiger charge is 2.68. The van der Waals surface area contributed by atoms with Crippen LogP contribution >= 0.6 is 0 Å². The van der Waals surface area contributed by atoms with Crippen LogP contribution in [0, 0.1) is 34.5 Å². The van der Waals surface area contributed by atoms with Crippen LogP contribution < -0.4 is 0 Å². The van der Waals surface area contributed by atoms with E-state index < -0.39 is 0 Å². The summed E-state index contributed by atoms with van der Waals surface area (Å²) in [5.74, 6) is 1.96. The van der Waals surface area contributed by atoms with Crippen LogP contribution in [-0.2, 0) is 19.1 Å². The third-order valence-electron chi connectivity index (χ3n) is 9.61. The van der Waals surface area contributed by atoms with Crippen molar-refractivity contribution in [2.75, 3.05) is 0 Å². The fraction of sp³-hybridized carbons (Fsp3) is 0.864. The molecule has 142 valence electrons. The van der Waals surface area contributed by atoms with Gasteiger partial charge in [-0.2, -0.15) is 0 Å². The Morgan fingerprint density at radius 2 is 1.65 bits per heavy atom. The molecule has 0 aromatic rings. The summed E-state index contributed by atoms with van der Waals surface area (Å²) >= 11 is 0. The van der Waals surface area contributed by atoms with Crippen molar-refractivity contribution in [2.45, 2.75) is 83.7 Å². The maximum absolute atomic E-state index is 13.1. The molecule has 5 aliphatic rings. The van der Waals surface area contributed by atoms with Gasteiger partial charge in [0, 0.05) is 37.0 Å². The van der Waals surface area contributed by atoms with Gasteiger partial charge in [0.05, 0.1) is 0 Å². The van der Waals surface area contributed by atoms with Crippen LogP contribution in [0.4, 0.5) is 0 Å². The third-order valence-corrected chi connectivity index (χ3v) is 9.61.